The van der Waals surface area contributed by atoms with Gasteiger partial charge in [-0.2, -0.15) is 0 Å². The molecule has 0 bridgehead atoms. The van der Waals surface area contributed by atoms with Crippen LogP contribution in [0.3, 0.4) is 0 Å². The number of nitrogens with zero attached hydrogens (tertiary/aromatic N) is 1. The maximum atomic E-state index is 13.3. The molecule has 0 radical (unpaired) electrons. The standard InChI is InChI=1S/C17H16FNO2/c1-19-14(8-12-6-7-13(18)9-17(12)19)11-21-16-5-3-4-15(10-16)20-2/h3-10H,11H2,1-2H3. The highest BCUT2D eigenvalue weighted by Gasteiger charge is 2.07. The van der Waals surface area contributed by atoms with Gasteiger partial charge in [0.25, 0.3) is 0 Å². The minimum absolute atomic E-state index is 0.232. The molecule has 3 aromatic rings. The number of hydrogen-bond donors (Lipinski definition) is 0. The highest BCUT2D eigenvalue weighted by molar-refractivity contribution is 5.81. The summed E-state index contributed by atoms with van der Waals surface area (Å²) in [5.74, 6) is 1.27. The second kappa shape index (κ2) is 5.48. The summed E-state index contributed by atoms with van der Waals surface area (Å²) in [6.07, 6.45) is 0. The molecule has 4 heteroatoms. The third-order valence-corrected chi connectivity index (χ3v) is 3.53. The lowest BCUT2D eigenvalue weighted by atomic mass is 10.2. The number of aromatic nitrogens is 1. The first-order valence-electron chi connectivity index (χ1n) is 6.68. The van der Waals surface area contributed by atoms with Crippen LogP contribution in [0.1, 0.15) is 5.69 Å². The largest absolute Gasteiger partial charge is 0.497 e. The van der Waals surface area contributed by atoms with Crippen LogP contribution in [0.15, 0.2) is 48.5 Å². The van der Waals surface area contributed by atoms with E-state index in [2.05, 4.69) is 0 Å². The van der Waals surface area contributed by atoms with Crippen molar-refractivity contribution in [1.82, 2.24) is 4.57 Å². The SMILES string of the molecule is COc1cccc(OCc2cc3ccc(F)cc3n2C)c1. The minimum atomic E-state index is -0.232. The Balaban J connectivity index is 1.83. The molecule has 0 N–H and O–H groups in total. The Hall–Kier alpha value is -2.49. The molecule has 21 heavy (non-hydrogen) atoms. The van der Waals surface area contributed by atoms with E-state index >= 15 is 0 Å². The predicted octanol–water partition coefficient (Wildman–Crippen LogP) is 3.91. The fraction of sp³-hybridized carbons (Fsp3) is 0.176. The number of methoxy groups -OCH3 is 1. The first kappa shape index (κ1) is 13.5. The van der Waals surface area contributed by atoms with Gasteiger partial charge < -0.3 is 14.0 Å². The number of rotatable bonds is 4. The van der Waals surface area contributed by atoms with Gasteiger partial charge in [-0.3, -0.25) is 0 Å². The quantitative estimate of drug-likeness (QED) is 0.725. The van der Waals surface area contributed by atoms with Crippen LogP contribution >= 0.6 is 0 Å². The molecule has 108 valence electrons. The van der Waals surface area contributed by atoms with Crippen molar-refractivity contribution < 1.29 is 13.9 Å². The molecule has 0 aliphatic heterocycles. The van der Waals surface area contributed by atoms with Crippen molar-refractivity contribution in [2.75, 3.05) is 7.11 Å². The van der Waals surface area contributed by atoms with Crippen molar-refractivity contribution in [3.8, 4) is 11.5 Å². The van der Waals surface area contributed by atoms with Crippen LogP contribution < -0.4 is 9.47 Å². The molecule has 1 heterocycles. The summed E-state index contributed by atoms with van der Waals surface area (Å²) in [6.45, 7) is 0.417. The number of halogens is 1. The highest BCUT2D eigenvalue weighted by atomic mass is 19.1. The summed E-state index contributed by atoms with van der Waals surface area (Å²) in [7, 11) is 3.53. The van der Waals surface area contributed by atoms with E-state index in [0.29, 0.717) is 6.61 Å². The summed E-state index contributed by atoms with van der Waals surface area (Å²) in [4.78, 5) is 0. The first-order valence-corrected chi connectivity index (χ1v) is 6.68. The van der Waals surface area contributed by atoms with Gasteiger partial charge in [0.2, 0.25) is 0 Å². The number of aryl methyl sites for hydroxylation is 1. The van der Waals surface area contributed by atoms with Crippen LogP contribution in [0.2, 0.25) is 0 Å². The number of fused-ring (bicyclic) bond motifs is 1. The van der Waals surface area contributed by atoms with Crippen molar-refractivity contribution in [3.63, 3.8) is 0 Å². The molecule has 0 aliphatic carbocycles. The van der Waals surface area contributed by atoms with Gasteiger partial charge in [-0.1, -0.05) is 6.07 Å². The third-order valence-electron chi connectivity index (χ3n) is 3.53. The molecule has 2 aromatic carbocycles. The predicted molar refractivity (Wildman–Crippen MR) is 80.2 cm³/mol. The second-order valence-electron chi connectivity index (χ2n) is 4.87. The maximum Gasteiger partial charge on any atom is 0.128 e. The van der Waals surface area contributed by atoms with Crippen LogP contribution in [0.25, 0.3) is 10.9 Å². The molecule has 0 atom stereocenters. The zero-order valence-corrected chi connectivity index (χ0v) is 12.0. The van der Waals surface area contributed by atoms with Crippen molar-refractivity contribution in [3.05, 3.63) is 60.0 Å². The average Bonchev–Trinajstić information content (AvgIpc) is 2.82. The van der Waals surface area contributed by atoms with Gasteiger partial charge in [-0.25, -0.2) is 4.39 Å². The van der Waals surface area contributed by atoms with Crippen molar-refractivity contribution in [2.45, 2.75) is 6.61 Å². The average molecular weight is 285 g/mol. The van der Waals surface area contributed by atoms with Gasteiger partial charge in [0.15, 0.2) is 0 Å². The van der Waals surface area contributed by atoms with Crippen LogP contribution in [0.4, 0.5) is 4.39 Å². The van der Waals surface area contributed by atoms with Gasteiger partial charge in [-0.05, 0) is 36.4 Å². The van der Waals surface area contributed by atoms with Gasteiger partial charge in [-0.15, -0.1) is 0 Å². The van der Waals surface area contributed by atoms with Crippen LogP contribution in [0, 0.1) is 5.82 Å². The first-order chi connectivity index (χ1) is 10.2. The molecule has 3 rings (SSSR count). The Morgan fingerprint density at radius 3 is 2.67 bits per heavy atom. The lowest BCUT2D eigenvalue weighted by molar-refractivity contribution is 0.295. The van der Waals surface area contributed by atoms with E-state index in [-0.39, 0.29) is 5.82 Å². The Bertz CT molecular complexity index is 780. The monoisotopic (exact) mass is 285 g/mol. The zero-order chi connectivity index (χ0) is 14.8. The van der Waals surface area contributed by atoms with Gasteiger partial charge >= 0.3 is 0 Å². The smallest absolute Gasteiger partial charge is 0.128 e. The van der Waals surface area contributed by atoms with Crippen LogP contribution in [0.5, 0.6) is 11.5 Å². The van der Waals surface area contributed by atoms with E-state index in [1.54, 1.807) is 13.2 Å². The van der Waals surface area contributed by atoms with Crippen molar-refractivity contribution in [1.29, 1.82) is 0 Å². The summed E-state index contributed by atoms with van der Waals surface area (Å²) in [5, 5.41) is 1.00. The molecular formula is C17H16FNO2. The molecule has 0 amide bonds. The molecule has 1 aromatic heterocycles. The van der Waals surface area contributed by atoms with Gasteiger partial charge in [0.05, 0.1) is 18.3 Å². The Morgan fingerprint density at radius 2 is 1.86 bits per heavy atom. The Morgan fingerprint density at radius 1 is 1.05 bits per heavy atom. The third kappa shape index (κ3) is 2.70. The van der Waals surface area contributed by atoms with E-state index in [1.165, 1.54) is 12.1 Å². The van der Waals surface area contributed by atoms with E-state index < -0.39 is 0 Å². The van der Waals surface area contributed by atoms with E-state index in [0.717, 1.165) is 28.1 Å². The van der Waals surface area contributed by atoms with E-state index in [4.69, 9.17) is 9.47 Å². The van der Waals surface area contributed by atoms with Gasteiger partial charge in [0, 0.05) is 18.5 Å². The molecule has 0 fully saturated rings. The summed E-state index contributed by atoms with van der Waals surface area (Å²) < 4.78 is 26.2. The maximum absolute atomic E-state index is 13.3. The van der Waals surface area contributed by atoms with E-state index in [9.17, 15) is 4.39 Å². The topological polar surface area (TPSA) is 23.4 Å². The summed E-state index contributed by atoms with van der Waals surface area (Å²) in [6, 6.07) is 14.2. The zero-order valence-electron chi connectivity index (χ0n) is 12.0. The fourth-order valence-corrected chi connectivity index (χ4v) is 2.35. The van der Waals surface area contributed by atoms with Crippen molar-refractivity contribution in [2.24, 2.45) is 7.05 Å². The van der Waals surface area contributed by atoms with Crippen molar-refractivity contribution >= 4 is 10.9 Å². The molecular weight excluding hydrogens is 269 g/mol. The second-order valence-corrected chi connectivity index (χ2v) is 4.87. The Labute approximate surface area is 122 Å². The minimum Gasteiger partial charge on any atom is -0.497 e. The lowest BCUT2D eigenvalue weighted by Crippen LogP contribution is -2.01. The number of ether oxygens (including phenoxy) is 2. The summed E-state index contributed by atoms with van der Waals surface area (Å²) >= 11 is 0. The normalized spacial score (nSPS) is 10.8. The summed E-state index contributed by atoms with van der Waals surface area (Å²) in [5.41, 5.74) is 1.85. The number of benzene rings is 2. The molecule has 0 aliphatic rings. The Kier molecular flexibility index (Phi) is 3.52. The van der Waals surface area contributed by atoms with Crippen LogP contribution in [-0.2, 0) is 13.7 Å². The van der Waals surface area contributed by atoms with Crippen LogP contribution in [-0.4, -0.2) is 11.7 Å². The fourth-order valence-electron chi connectivity index (χ4n) is 2.35. The van der Waals surface area contributed by atoms with Gasteiger partial charge in [0.1, 0.15) is 23.9 Å². The molecule has 0 saturated carbocycles. The molecule has 0 spiro atoms. The molecule has 3 nitrogen and oxygen atoms in total. The number of hydrogen-bond acceptors (Lipinski definition) is 2. The molecule has 0 saturated heterocycles. The highest BCUT2D eigenvalue weighted by Crippen LogP contribution is 2.23. The van der Waals surface area contributed by atoms with E-state index in [1.807, 2.05) is 41.9 Å². The lowest BCUT2D eigenvalue weighted by Gasteiger charge is -2.08. The molecule has 0 unspecified atom stereocenters.